The summed E-state index contributed by atoms with van der Waals surface area (Å²) in [6, 6.07) is 23.0. The van der Waals surface area contributed by atoms with E-state index in [1.165, 1.54) is 0 Å². The predicted molar refractivity (Wildman–Crippen MR) is 117 cm³/mol. The van der Waals surface area contributed by atoms with Gasteiger partial charge in [0.15, 0.2) is 0 Å². The number of rotatable bonds is 4. The molecule has 5 aromatic rings. The maximum Gasteiger partial charge on any atom is 0.256 e. The first-order valence-corrected chi connectivity index (χ1v) is 9.65. The van der Waals surface area contributed by atoms with Gasteiger partial charge in [-0.3, -0.25) is 9.20 Å². The van der Waals surface area contributed by atoms with Gasteiger partial charge in [-0.05, 0) is 48.9 Å². The Morgan fingerprint density at radius 1 is 0.900 bits per heavy atom. The van der Waals surface area contributed by atoms with Crippen LogP contribution in [0.15, 0.2) is 91.4 Å². The number of aryl methyl sites for hydroxylation is 1. The quantitative estimate of drug-likeness (QED) is 0.479. The number of hydrogen-bond donors (Lipinski definition) is 1. The topological polar surface area (TPSA) is 64.2 Å². The number of carbonyl (C=O) groups is 1. The third-order valence-electron chi connectivity index (χ3n) is 5.02. The summed E-state index contributed by atoms with van der Waals surface area (Å²) in [6.45, 7) is 2.01. The van der Waals surface area contributed by atoms with Gasteiger partial charge < -0.3 is 5.32 Å². The average Bonchev–Trinajstić information content (AvgIpc) is 3.44. The van der Waals surface area contributed by atoms with Crippen LogP contribution in [0.2, 0.25) is 0 Å². The van der Waals surface area contributed by atoms with Gasteiger partial charge in [0, 0.05) is 29.7 Å². The van der Waals surface area contributed by atoms with Crippen LogP contribution in [0, 0.1) is 6.92 Å². The van der Waals surface area contributed by atoms with Crippen LogP contribution in [0.4, 0.5) is 5.82 Å². The minimum Gasteiger partial charge on any atom is -0.306 e. The molecule has 5 rings (SSSR count). The highest BCUT2D eigenvalue weighted by atomic mass is 16.1. The molecule has 0 atom stereocenters. The normalized spacial score (nSPS) is 11.0. The summed E-state index contributed by atoms with van der Waals surface area (Å²) < 4.78 is 3.68. The lowest BCUT2D eigenvalue weighted by molar-refractivity contribution is 0.102. The molecule has 146 valence electrons. The Bertz CT molecular complexity index is 1320. The Hall–Kier alpha value is -4.19. The first-order chi connectivity index (χ1) is 14.7. The van der Waals surface area contributed by atoms with Gasteiger partial charge >= 0.3 is 0 Å². The summed E-state index contributed by atoms with van der Waals surface area (Å²) in [6.07, 6.45) is 5.50. The minimum absolute atomic E-state index is 0.192. The molecule has 0 fully saturated rings. The summed E-state index contributed by atoms with van der Waals surface area (Å²) in [5.74, 6) is 0.462. The number of hydrogen-bond acceptors (Lipinski definition) is 3. The molecule has 0 bridgehead atoms. The number of benzene rings is 2. The number of nitrogens with zero attached hydrogens (tertiary/aromatic N) is 4. The van der Waals surface area contributed by atoms with Crippen molar-refractivity contribution in [2.45, 2.75) is 6.92 Å². The predicted octanol–water partition coefficient (Wildman–Crippen LogP) is 4.75. The molecule has 0 saturated heterocycles. The number of fused-ring (bicyclic) bond motifs is 1. The maximum absolute atomic E-state index is 13.0. The van der Waals surface area contributed by atoms with Crippen LogP contribution in [0.1, 0.15) is 15.9 Å². The van der Waals surface area contributed by atoms with Crippen molar-refractivity contribution in [3.05, 3.63) is 103 Å². The fourth-order valence-corrected chi connectivity index (χ4v) is 3.49. The fraction of sp³-hybridized carbons (Fsp3) is 0.0417. The minimum atomic E-state index is -0.192. The van der Waals surface area contributed by atoms with E-state index in [1.807, 2.05) is 84.4 Å². The number of pyridine rings is 1. The summed E-state index contributed by atoms with van der Waals surface area (Å²) >= 11 is 0. The van der Waals surface area contributed by atoms with Gasteiger partial charge in [-0.2, -0.15) is 5.10 Å². The van der Waals surface area contributed by atoms with Gasteiger partial charge in [-0.1, -0.05) is 36.4 Å². The Morgan fingerprint density at radius 3 is 2.43 bits per heavy atom. The van der Waals surface area contributed by atoms with E-state index in [4.69, 9.17) is 4.98 Å². The molecular formula is C24H19N5O. The van der Waals surface area contributed by atoms with Crippen LogP contribution in [0.25, 0.3) is 22.6 Å². The zero-order valence-electron chi connectivity index (χ0n) is 16.4. The van der Waals surface area contributed by atoms with Crippen molar-refractivity contribution < 1.29 is 4.79 Å². The lowest BCUT2D eigenvalue weighted by Crippen LogP contribution is -2.14. The molecule has 3 heterocycles. The van der Waals surface area contributed by atoms with E-state index in [2.05, 4.69) is 10.4 Å². The molecule has 0 aliphatic carbocycles. The molecule has 3 aromatic heterocycles. The highest BCUT2D eigenvalue weighted by Gasteiger charge is 2.18. The van der Waals surface area contributed by atoms with Crippen LogP contribution in [-0.2, 0) is 0 Å². The SMILES string of the molecule is Cc1cccn2c(NC(=O)c3ccc(-n4cccn4)cc3)c(-c3ccccc3)nc12. The Balaban J connectivity index is 1.53. The highest BCUT2D eigenvalue weighted by molar-refractivity contribution is 6.06. The molecule has 2 aromatic carbocycles. The first kappa shape index (κ1) is 17.9. The third-order valence-corrected chi connectivity index (χ3v) is 5.02. The van der Waals surface area contributed by atoms with E-state index < -0.39 is 0 Å². The van der Waals surface area contributed by atoms with Crippen LogP contribution in [-0.4, -0.2) is 25.1 Å². The zero-order valence-corrected chi connectivity index (χ0v) is 16.4. The molecule has 0 aliphatic heterocycles. The van der Waals surface area contributed by atoms with E-state index in [0.717, 1.165) is 28.2 Å². The molecule has 6 nitrogen and oxygen atoms in total. The summed E-state index contributed by atoms with van der Waals surface area (Å²) in [7, 11) is 0. The first-order valence-electron chi connectivity index (χ1n) is 9.65. The second-order valence-corrected chi connectivity index (χ2v) is 7.01. The molecule has 0 aliphatic rings. The molecule has 0 spiro atoms. The molecule has 0 saturated carbocycles. The van der Waals surface area contributed by atoms with Crippen LogP contribution in [0.5, 0.6) is 0 Å². The number of nitrogens with one attached hydrogen (secondary N) is 1. The third kappa shape index (κ3) is 3.14. The Labute approximate surface area is 173 Å². The zero-order chi connectivity index (χ0) is 20.5. The van der Waals surface area contributed by atoms with Crippen molar-refractivity contribution in [1.29, 1.82) is 0 Å². The average molecular weight is 393 g/mol. The van der Waals surface area contributed by atoms with Crippen molar-refractivity contribution in [2.24, 2.45) is 0 Å². The molecule has 6 heteroatoms. The second kappa shape index (κ2) is 7.33. The van der Waals surface area contributed by atoms with E-state index in [0.29, 0.717) is 11.4 Å². The van der Waals surface area contributed by atoms with Crippen LogP contribution in [0.3, 0.4) is 0 Å². The molecule has 1 amide bonds. The van der Waals surface area contributed by atoms with Crippen molar-refractivity contribution >= 4 is 17.4 Å². The molecule has 1 N–H and O–H groups in total. The Kier molecular flexibility index (Phi) is 4.37. The van der Waals surface area contributed by atoms with Gasteiger partial charge in [-0.25, -0.2) is 9.67 Å². The fourth-order valence-electron chi connectivity index (χ4n) is 3.49. The number of carbonyl (C=O) groups excluding carboxylic acids is 1. The molecule has 30 heavy (non-hydrogen) atoms. The monoisotopic (exact) mass is 393 g/mol. The van der Waals surface area contributed by atoms with Gasteiger partial charge in [0.1, 0.15) is 17.2 Å². The number of anilines is 1. The summed E-state index contributed by atoms with van der Waals surface area (Å²) in [4.78, 5) is 17.9. The van der Waals surface area contributed by atoms with Crippen LogP contribution >= 0.6 is 0 Å². The van der Waals surface area contributed by atoms with Crippen molar-refractivity contribution in [2.75, 3.05) is 5.32 Å². The van der Waals surface area contributed by atoms with Gasteiger partial charge in [-0.15, -0.1) is 0 Å². The van der Waals surface area contributed by atoms with Gasteiger partial charge in [0.25, 0.3) is 5.91 Å². The lowest BCUT2D eigenvalue weighted by atomic mass is 10.1. The van der Waals surface area contributed by atoms with Gasteiger partial charge in [0.05, 0.1) is 5.69 Å². The van der Waals surface area contributed by atoms with Gasteiger partial charge in [0.2, 0.25) is 0 Å². The summed E-state index contributed by atoms with van der Waals surface area (Å²) in [5, 5.41) is 7.28. The number of aromatic nitrogens is 4. The van der Waals surface area contributed by atoms with Crippen molar-refractivity contribution in [1.82, 2.24) is 19.2 Å². The highest BCUT2D eigenvalue weighted by Crippen LogP contribution is 2.30. The number of imidazole rings is 1. The van der Waals surface area contributed by atoms with E-state index in [9.17, 15) is 4.79 Å². The van der Waals surface area contributed by atoms with Crippen molar-refractivity contribution in [3.8, 4) is 16.9 Å². The second-order valence-electron chi connectivity index (χ2n) is 7.01. The van der Waals surface area contributed by atoms with Crippen molar-refractivity contribution in [3.63, 3.8) is 0 Å². The van der Waals surface area contributed by atoms with E-state index in [1.54, 1.807) is 23.0 Å². The largest absolute Gasteiger partial charge is 0.306 e. The lowest BCUT2D eigenvalue weighted by Gasteiger charge is -2.09. The maximum atomic E-state index is 13.0. The van der Waals surface area contributed by atoms with E-state index in [-0.39, 0.29) is 5.91 Å². The molecule has 0 unspecified atom stereocenters. The summed E-state index contributed by atoms with van der Waals surface area (Å²) in [5.41, 5.74) is 5.01. The number of amides is 1. The smallest absolute Gasteiger partial charge is 0.256 e. The van der Waals surface area contributed by atoms with E-state index >= 15 is 0 Å². The standard InChI is InChI=1S/C24H19N5O/c1-17-7-5-15-28-22(17)26-21(18-8-3-2-4-9-18)23(28)27-24(30)19-10-12-20(13-11-19)29-16-6-14-25-29/h2-16H,1H3,(H,27,30). The van der Waals surface area contributed by atoms with Crippen LogP contribution < -0.4 is 5.32 Å². The molecule has 0 radical (unpaired) electrons. The molecular weight excluding hydrogens is 374 g/mol. The Morgan fingerprint density at radius 2 is 1.70 bits per heavy atom.